The molecule has 2 heterocycles. The van der Waals surface area contributed by atoms with E-state index in [0.29, 0.717) is 6.61 Å². The molecule has 0 aliphatic heterocycles. The number of hydrogen-bond donors (Lipinski definition) is 0. The summed E-state index contributed by atoms with van der Waals surface area (Å²) in [5.41, 5.74) is 5.50. The Bertz CT molecular complexity index is 777. The Kier molecular flexibility index (Phi) is 3.71. The van der Waals surface area contributed by atoms with E-state index in [1.165, 1.54) is 11.1 Å². The zero-order valence-electron chi connectivity index (χ0n) is 12.6. The van der Waals surface area contributed by atoms with E-state index < -0.39 is 0 Å². The lowest BCUT2D eigenvalue weighted by atomic mass is 10.1. The van der Waals surface area contributed by atoms with Gasteiger partial charge in [0.25, 0.3) is 0 Å². The summed E-state index contributed by atoms with van der Waals surface area (Å²) in [7, 11) is 1.71. The summed E-state index contributed by atoms with van der Waals surface area (Å²) in [4.78, 5) is 9.22. The van der Waals surface area contributed by atoms with Crippen LogP contribution in [0.1, 0.15) is 11.1 Å². The van der Waals surface area contributed by atoms with E-state index in [4.69, 9.17) is 9.72 Å². The second-order valence-corrected chi connectivity index (χ2v) is 5.23. The minimum atomic E-state index is 0.639. The average molecular weight is 281 g/mol. The minimum absolute atomic E-state index is 0.639. The number of benzene rings is 1. The normalized spacial score (nSPS) is 11.2. The number of methoxy groups -OCH3 is 1. The van der Waals surface area contributed by atoms with Crippen molar-refractivity contribution in [3.63, 3.8) is 0 Å². The number of fused-ring (bicyclic) bond motifs is 1. The molecule has 0 bridgehead atoms. The summed E-state index contributed by atoms with van der Waals surface area (Å²) in [6.07, 6.45) is 1.80. The number of ether oxygens (including phenoxy) is 1. The van der Waals surface area contributed by atoms with Gasteiger partial charge >= 0.3 is 0 Å². The molecule has 108 valence electrons. The lowest BCUT2D eigenvalue weighted by Crippen LogP contribution is -2.06. The summed E-state index contributed by atoms with van der Waals surface area (Å²) >= 11 is 0. The van der Waals surface area contributed by atoms with E-state index in [-0.39, 0.29) is 0 Å². The first kappa shape index (κ1) is 13.8. The molecule has 0 atom stereocenters. The van der Waals surface area contributed by atoms with Crippen LogP contribution < -0.4 is 0 Å². The molecule has 0 saturated heterocycles. The Hall–Kier alpha value is -2.20. The fraction of sp³-hybridized carbons (Fsp3) is 0.294. The Morgan fingerprint density at radius 1 is 1.14 bits per heavy atom. The van der Waals surface area contributed by atoms with Gasteiger partial charge in [-0.2, -0.15) is 0 Å². The minimum Gasteiger partial charge on any atom is -0.383 e. The maximum absolute atomic E-state index is 5.22. The van der Waals surface area contributed by atoms with Crippen molar-refractivity contribution in [2.75, 3.05) is 13.7 Å². The summed E-state index contributed by atoms with van der Waals surface area (Å²) in [6, 6.07) is 10.3. The van der Waals surface area contributed by atoms with Gasteiger partial charge in [0.1, 0.15) is 11.3 Å². The first-order chi connectivity index (χ1) is 10.2. The molecule has 0 fully saturated rings. The standard InChI is InChI=1S/C17H19N3O/c1-12-6-7-14(11-13(12)2)16-19-15-5-4-8-18-17(15)20(16)9-10-21-3/h4-8,11H,9-10H2,1-3H3. The first-order valence-corrected chi connectivity index (χ1v) is 7.08. The fourth-order valence-electron chi connectivity index (χ4n) is 2.45. The molecule has 3 aromatic rings. The summed E-state index contributed by atoms with van der Waals surface area (Å²) in [5, 5.41) is 0. The Labute approximate surface area is 124 Å². The maximum Gasteiger partial charge on any atom is 0.160 e. The lowest BCUT2D eigenvalue weighted by molar-refractivity contribution is 0.188. The van der Waals surface area contributed by atoms with Crippen molar-refractivity contribution < 1.29 is 4.74 Å². The molecule has 0 aliphatic rings. The highest BCUT2D eigenvalue weighted by atomic mass is 16.5. The van der Waals surface area contributed by atoms with Crippen LogP contribution in [-0.2, 0) is 11.3 Å². The summed E-state index contributed by atoms with van der Waals surface area (Å²) < 4.78 is 7.35. The molecule has 0 unspecified atom stereocenters. The van der Waals surface area contributed by atoms with Gasteiger partial charge in [-0.1, -0.05) is 12.1 Å². The fourth-order valence-corrected chi connectivity index (χ4v) is 2.45. The van der Waals surface area contributed by atoms with Gasteiger partial charge in [0, 0.05) is 25.4 Å². The van der Waals surface area contributed by atoms with Crippen LogP contribution in [0, 0.1) is 13.8 Å². The molecule has 0 amide bonds. The van der Waals surface area contributed by atoms with Gasteiger partial charge in [-0.05, 0) is 43.2 Å². The van der Waals surface area contributed by atoms with Gasteiger partial charge < -0.3 is 9.30 Å². The molecular weight excluding hydrogens is 262 g/mol. The zero-order chi connectivity index (χ0) is 14.8. The van der Waals surface area contributed by atoms with Crippen LogP contribution in [0.4, 0.5) is 0 Å². The predicted molar refractivity (Wildman–Crippen MR) is 84.3 cm³/mol. The zero-order valence-corrected chi connectivity index (χ0v) is 12.6. The van der Waals surface area contributed by atoms with E-state index in [1.54, 1.807) is 13.3 Å². The third kappa shape index (κ3) is 2.54. The molecular formula is C17H19N3O. The van der Waals surface area contributed by atoms with Crippen LogP contribution in [0.15, 0.2) is 36.5 Å². The third-order valence-corrected chi connectivity index (χ3v) is 3.79. The molecule has 1 aromatic carbocycles. The number of aromatic nitrogens is 3. The van der Waals surface area contributed by atoms with Crippen molar-refractivity contribution in [3.05, 3.63) is 47.7 Å². The summed E-state index contributed by atoms with van der Waals surface area (Å²) in [6.45, 7) is 5.62. The molecule has 21 heavy (non-hydrogen) atoms. The molecule has 0 spiro atoms. The van der Waals surface area contributed by atoms with Crippen LogP contribution in [0.5, 0.6) is 0 Å². The second kappa shape index (κ2) is 5.66. The van der Waals surface area contributed by atoms with Crippen molar-refractivity contribution in [1.82, 2.24) is 14.5 Å². The molecule has 0 aliphatic carbocycles. The van der Waals surface area contributed by atoms with Gasteiger partial charge in [0.05, 0.1) is 6.61 Å². The Morgan fingerprint density at radius 3 is 2.76 bits per heavy atom. The Balaban J connectivity index is 2.17. The van der Waals surface area contributed by atoms with Crippen LogP contribution in [0.2, 0.25) is 0 Å². The molecule has 0 radical (unpaired) electrons. The van der Waals surface area contributed by atoms with Crippen molar-refractivity contribution >= 4 is 11.2 Å². The second-order valence-electron chi connectivity index (χ2n) is 5.23. The van der Waals surface area contributed by atoms with E-state index in [1.807, 2.05) is 12.1 Å². The largest absolute Gasteiger partial charge is 0.383 e. The molecule has 0 N–H and O–H groups in total. The molecule has 4 nitrogen and oxygen atoms in total. The molecule has 4 heteroatoms. The number of pyridine rings is 1. The van der Waals surface area contributed by atoms with Crippen LogP contribution in [-0.4, -0.2) is 28.3 Å². The highest BCUT2D eigenvalue weighted by molar-refractivity contribution is 5.77. The van der Waals surface area contributed by atoms with Crippen molar-refractivity contribution in [2.24, 2.45) is 0 Å². The van der Waals surface area contributed by atoms with Gasteiger partial charge in [-0.15, -0.1) is 0 Å². The lowest BCUT2D eigenvalue weighted by Gasteiger charge is -2.09. The maximum atomic E-state index is 5.22. The topological polar surface area (TPSA) is 39.9 Å². The molecule has 2 aromatic heterocycles. The first-order valence-electron chi connectivity index (χ1n) is 7.08. The van der Waals surface area contributed by atoms with Crippen LogP contribution in [0.3, 0.4) is 0 Å². The van der Waals surface area contributed by atoms with Crippen LogP contribution >= 0.6 is 0 Å². The SMILES string of the molecule is COCCn1c(-c2ccc(C)c(C)c2)nc2cccnc21. The average Bonchev–Trinajstić information content (AvgIpc) is 2.86. The Morgan fingerprint density at radius 2 is 2.00 bits per heavy atom. The number of aryl methyl sites for hydroxylation is 2. The highest BCUT2D eigenvalue weighted by Gasteiger charge is 2.13. The van der Waals surface area contributed by atoms with Crippen molar-refractivity contribution in [1.29, 1.82) is 0 Å². The third-order valence-electron chi connectivity index (χ3n) is 3.79. The van der Waals surface area contributed by atoms with E-state index in [0.717, 1.165) is 29.1 Å². The number of imidazole rings is 1. The van der Waals surface area contributed by atoms with Gasteiger partial charge in [0.15, 0.2) is 5.65 Å². The van der Waals surface area contributed by atoms with E-state index in [2.05, 4.69) is 41.6 Å². The van der Waals surface area contributed by atoms with Gasteiger partial charge in [0.2, 0.25) is 0 Å². The molecule has 0 saturated carbocycles. The number of rotatable bonds is 4. The van der Waals surface area contributed by atoms with Crippen LogP contribution in [0.25, 0.3) is 22.6 Å². The number of hydrogen-bond acceptors (Lipinski definition) is 3. The monoisotopic (exact) mass is 281 g/mol. The number of nitrogens with zero attached hydrogens (tertiary/aromatic N) is 3. The summed E-state index contributed by atoms with van der Waals surface area (Å²) in [5.74, 6) is 0.948. The smallest absolute Gasteiger partial charge is 0.160 e. The van der Waals surface area contributed by atoms with Crippen molar-refractivity contribution in [2.45, 2.75) is 20.4 Å². The van der Waals surface area contributed by atoms with Gasteiger partial charge in [-0.25, -0.2) is 9.97 Å². The van der Waals surface area contributed by atoms with Crippen molar-refractivity contribution in [3.8, 4) is 11.4 Å². The van der Waals surface area contributed by atoms with Gasteiger partial charge in [-0.3, -0.25) is 0 Å². The van der Waals surface area contributed by atoms with E-state index >= 15 is 0 Å². The predicted octanol–water partition coefficient (Wildman–Crippen LogP) is 3.36. The quantitative estimate of drug-likeness (QED) is 0.736. The highest BCUT2D eigenvalue weighted by Crippen LogP contribution is 2.25. The van der Waals surface area contributed by atoms with E-state index in [9.17, 15) is 0 Å². The molecule has 3 rings (SSSR count).